The minimum Gasteiger partial charge on any atom is -0.335 e. The van der Waals surface area contributed by atoms with E-state index < -0.39 is 0 Å². The van der Waals surface area contributed by atoms with E-state index >= 15 is 0 Å². The first-order valence-corrected chi connectivity index (χ1v) is 7.02. The van der Waals surface area contributed by atoms with Gasteiger partial charge < -0.3 is 10.3 Å². The van der Waals surface area contributed by atoms with E-state index in [2.05, 4.69) is 10.1 Å². The van der Waals surface area contributed by atoms with E-state index in [9.17, 15) is 0 Å². The molecule has 0 radical (unpaired) electrons. The molecule has 0 saturated heterocycles. The molecule has 1 aromatic carbocycles. The number of aryl methyl sites for hydroxylation is 1. The molecule has 0 amide bonds. The number of benzene rings is 1. The fraction of sp³-hybridized carbons (Fsp3) is 0.333. The Morgan fingerprint density at radius 3 is 2.80 bits per heavy atom. The van der Waals surface area contributed by atoms with E-state index in [-0.39, 0.29) is 5.54 Å². The van der Waals surface area contributed by atoms with Crippen molar-refractivity contribution >= 4 is 23.8 Å². The van der Waals surface area contributed by atoms with Gasteiger partial charge in [0.05, 0.1) is 5.54 Å². The topological polar surface area (TPSA) is 64.9 Å². The Labute approximate surface area is 122 Å². The molecule has 3 rings (SSSR count). The first kappa shape index (κ1) is 13.3. The highest BCUT2D eigenvalue weighted by atomic mass is 35.5. The Kier molecular flexibility index (Phi) is 3.36. The minimum absolute atomic E-state index is 0.386. The molecule has 2 aromatic rings. The minimum atomic E-state index is -0.386. The molecule has 1 aliphatic rings. The molecule has 5 heteroatoms. The number of aromatic nitrogens is 2. The second-order valence-corrected chi connectivity index (χ2v) is 5.72. The fourth-order valence-corrected chi connectivity index (χ4v) is 2.36. The highest BCUT2D eigenvalue weighted by Crippen LogP contribution is 2.36. The van der Waals surface area contributed by atoms with Gasteiger partial charge in [-0.15, -0.1) is 0 Å². The van der Waals surface area contributed by atoms with Gasteiger partial charge in [0.1, 0.15) is 0 Å². The van der Waals surface area contributed by atoms with Crippen LogP contribution in [-0.4, -0.2) is 10.1 Å². The SMILES string of the molecule is Cc1ccc(/C=C/c2nc(C3(N)CCC3)no2)cc1Cl. The third-order valence-electron chi connectivity index (χ3n) is 3.75. The molecule has 4 nitrogen and oxygen atoms in total. The van der Waals surface area contributed by atoms with Crippen LogP contribution in [0.2, 0.25) is 5.02 Å². The third-order valence-corrected chi connectivity index (χ3v) is 4.15. The highest BCUT2D eigenvalue weighted by Gasteiger charge is 2.38. The summed E-state index contributed by atoms with van der Waals surface area (Å²) in [6.45, 7) is 1.97. The summed E-state index contributed by atoms with van der Waals surface area (Å²) in [5.74, 6) is 1.07. The Morgan fingerprint density at radius 1 is 1.35 bits per heavy atom. The van der Waals surface area contributed by atoms with Gasteiger partial charge in [0.25, 0.3) is 5.89 Å². The van der Waals surface area contributed by atoms with E-state index in [1.165, 1.54) is 0 Å². The summed E-state index contributed by atoms with van der Waals surface area (Å²) in [6.07, 6.45) is 6.64. The monoisotopic (exact) mass is 289 g/mol. The summed E-state index contributed by atoms with van der Waals surface area (Å²) in [5, 5.41) is 4.71. The van der Waals surface area contributed by atoms with Crippen LogP contribution >= 0.6 is 11.6 Å². The largest absolute Gasteiger partial charge is 0.335 e. The van der Waals surface area contributed by atoms with Crippen molar-refractivity contribution in [2.45, 2.75) is 31.7 Å². The zero-order valence-electron chi connectivity index (χ0n) is 11.3. The maximum atomic E-state index is 6.15. The van der Waals surface area contributed by atoms with Crippen LogP contribution in [0.1, 0.15) is 42.1 Å². The van der Waals surface area contributed by atoms with Gasteiger partial charge in [-0.25, -0.2) is 0 Å². The van der Waals surface area contributed by atoms with Gasteiger partial charge in [0, 0.05) is 11.1 Å². The Morgan fingerprint density at radius 2 is 2.15 bits per heavy atom. The zero-order chi connectivity index (χ0) is 14.2. The second-order valence-electron chi connectivity index (χ2n) is 5.31. The fourth-order valence-electron chi connectivity index (χ4n) is 2.17. The van der Waals surface area contributed by atoms with Crippen LogP contribution in [0.3, 0.4) is 0 Å². The summed E-state index contributed by atoms with van der Waals surface area (Å²) in [7, 11) is 0. The average molecular weight is 290 g/mol. The first-order valence-electron chi connectivity index (χ1n) is 6.64. The van der Waals surface area contributed by atoms with Crippen molar-refractivity contribution < 1.29 is 4.52 Å². The van der Waals surface area contributed by atoms with E-state index in [0.29, 0.717) is 11.7 Å². The van der Waals surface area contributed by atoms with Crippen molar-refractivity contribution in [3.63, 3.8) is 0 Å². The lowest BCUT2D eigenvalue weighted by atomic mass is 9.77. The molecule has 20 heavy (non-hydrogen) atoms. The summed E-state index contributed by atoms with van der Waals surface area (Å²) in [4.78, 5) is 4.34. The predicted octanol–water partition coefficient (Wildman–Crippen LogP) is 3.54. The molecule has 0 bridgehead atoms. The number of nitrogens with zero attached hydrogens (tertiary/aromatic N) is 2. The van der Waals surface area contributed by atoms with Crippen LogP contribution < -0.4 is 5.73 Å². The van der Waals surface area contributed by atoms with Crippen molar-refractivity contribution in [3.05, 3.63) is 46.1 Å². The normalized spacial score (nSPS) is 17.4. The van der Waals surface area contributed by atoms with Gasteiger partial charge >= 0.3 is 0 Å². The van der Waals surface area contributed by atoms with Crippen molar-refractivity contribution in [2.75, 3.05) is 0 Å². The van der Waals surface area contributed by atoms with Crippen molar-refractivity contribution in [1.82, 2.24) is 10.1 Å². The van der Waals surface area contributed by atoms with E-state index in [1.54, 1.807) is 6.08 Å². The van der Waals surface area contributed by atoms with Gasteiger partial charge in [-0.2, -0.15) is 4.98 Å². The summed E-state index contributed by atoms with van der Waals surface area (Å²) >= 11 is 6.08. The van der Waals surface area contributed by atoms with Crippen LogP contribution in [-0.2, 0) is 5.54 Å². The molecule has 1 aliphatic carbocycles. The van der Waals surface area contributed by atoms with Crippen LogP contribution in [0.5, 0.6) is 0 Å². The Balaban J connectivity index is 1.77. The number of hydrogen-bond donors (Lipinski definition) is 1. The molecule has 1 saturated carbocycles. The van der Waals surface area contributed by atoms with Gasteiger partial charge in [-0.3, -0.25) is 0 Å². The smallest absolute Gasteiger partial charge is 0.250 e. The van der Waals surface area contributed by atoms with Crippen LogP contribution in [0, 0.1) is 6.92 Å². The summed E-state index contributed by atoms with van der Waals surface area (Å²) in [6, 6.07) is 5.87. The maximum Gasteiger partial charge on any atom is 0.250 e. The Hall–Kier alpha value is -1.65. The lowest BCUT2D eigenvalue weighted by molar-refractivity contribution is 0.229. The molecular weight excluding hydrogens is 274 g/mol. The number of halogens is 1. The standard InChI is InChI=1S/C15H16ClN3O/c1-10-3-4-11(9-12(10)16)5-6-13-18-14(19-20-13)15(17)7-2-8-15/h3-6,9H,2,7-8,17H2,1H3/b6-5+. The van der Waals surface area contributed by atoms with Crippen molar-refractivity contribution in [2.24, 2.45) is 5.73 Å². The molecule has 1 aromatic heterocycles. The summed E-state index contributed by atoms with van der Waals surface area (Å²) in [5.41, 5.74) is 7.82. The van der Waals surface area contributed by atoms with E-state index in [1.807, 2.05) is 31.2 Å². The molecular formula is C15H16ClN3O. The van der Waals surface area contributed by atoms with Gasteiger partial charge in [0.15, 0.2) is 5.82 Å². The second kappa shape index (κ2) is 5.04. The predicted molar refractivity (Wildman–Crippen MR) is 79.1 cm³/mol. The molecule has 0 unspecified atom stereocenters. The number of nitrogens with two attached hydrogens (primary N) is 1. The van der Waals surface area contributed by atoms with E-state index in [0.717, 1.165) is 35.4 Å². The van der Waals surface area contributed by atoms with Gasteiger partial charge in [-0.05, 0) is 49.5 Å². The van der Waals surface area contributed by atoms with Crippen LogP contribution in [0.15, 0.2) is 22.7 Å². The molecule has 2 N–H and O–H groups in total. The third kappa shape index (κ3) is 2.49. The maximum absolute atomic E-state index is 6.15. The number of rotatable bonds is 3. The van der Waals surface area contributed by atoms with E-state index in [4.69, 9.17) is 21.9 Å². The van der Waals surface area contributed by atoms with Crippen LogP contribution in [0.4, 0.5) is 0 Å². The van der Waals surface area contributed by atoms with Gasteiger partial charge in [-0.1, -0.05) is 28.9 Å². The lowest BCUT2D eigenvalue weighted by Gasteiger charge is -2.34. The molecule has 0 atom stereocenters. The quantitative estimate of drug-likeness (QED) is 0.938. The van der Waals surface area contributed by atoms with Gasteiger partial charge in [0.2, 0.25) is 0 Å². The first-order chi connectivity index (χ1) is 9.57. The molecule has 1 heterocycles. The molecule has 0 spiro atoms. The van der Waals surface area contributed by atoms with Crippen molar-refractivity contribution in [3.8, 4) is 0 Å². The Bertz CT molecular complexity index is 659. The van der Waals surface area contributed by atoms with Crippen molar-refractivity contribution in [1.29, 1.82) is 0 Å². The summed E-state index contributed by atoms with van der Waals surface area (Å²) < 4.78 is 5.20. The number of hydrogen-bond acceptors (Lipinski definition) is 4. The highest BCUT2D eigenvalue weighted by molar-refractivity contribution is 6.31. The lowest BCUT2D eigenvalue weighted by Crippen LogP contribution is -2.44. The van der Waals surface area contributed by atoms with Crippen LogP contribution in [0.25, 0.3) is 12.2 Å². The molecule has 104 valence electrons. The zero-order valence-corrected chi connectivity index (χ0v) is 12.0. The molecule has 0 aliphatic heterocycles. The average Bonchev–Trinajstić information content (AvgIpc) is 2.86. The molecule has 1 fully saturated rings.